The molecule has 0 radical (unpaired) electrons. The monoisotopic (exact) mass is 607 g/mol. The van der Waals surface area contributed by atoms with E-state index in [0.29, 0.717) is 6.42 Å². The van der Waals surface area contributed by atoms with Crippen molar-refractivity contribution in [2.24, 2.45) is 5.92 Å². The topological polar surface area (TPSA) is 84.8 Å². The number of carbonyl (C=O) groups is 1. The number of rotatable bonds is 12. The summed E-state index contributed by atoms with van der Waals surface area (Å²) in [7, 11) is 1.67. The molecule has 6 rings (SSSR count). The molecule has 2 N–H and O–H groups in total. The van der Waals surface area contributed by atoms with Crippen LogP contribution in [0.4, 0.5) is 0 Å². The lowest BCUT2D eigenvalue weighted by molar-refractivity contribution is -0.121. The molecule has 0 bridgehead atoms. The Bertz CT molecular complexity index is 1670. The number of hydrogen-bond acceptors (Lipinski definition) is 5. The lowest BCUT2D eigenvalue weighted by Gasteiger charge is -2.22. The van der Waals surface area contributed by atoms with Crippen molar-refractivity contribution in [1.82, 2.24) is 25.1 Å². The molecule has 2 aromatic heterocycles. The maximum atomic E-state index is 13.8. The summed E-state index contributed by atoms with van der Waals surface area (Å²) in [6, 6.07) is 26.0. The number of nitrogens with zero attached hydrogens (tertiary/aromatic N) is 3. The number of amides is 1. The van der Waals surface area contributed by atoms with E-state index in [9.17, 15) is 4.79 Å². The molecule has 2 heterocycles. The van der Waals surface area contributed by atoms with E-state index < -0.39 is 0 Å². The highest BCUT2D eigenvalue weighted by Crippen LogP contribution is 2.32. The standard InChI is InChI=1S/C36H41N5O2S/c1-25-31(30-15-9-10-16-32(30)37-25)24-34(42)38-33(23-27-13-7-4-8-14-27)35-39-40-36(44-22-21-26-11-5-3-6-12-26)41(35)28-17-19-29(43-2)20-18-28/h4,7-10,13-20,26,33,37H,3,5-6,11-12,21-24H2,1-2H3,(H,38,42)/t33-/m0/s1. The van der Waals surface area contributed by atoms with Gasteiger partial charge >= 0.3 is 0 Å². The van der Waals surface area contributed by atoms with Crippen LogP contribution in [0.15, 0.2) is 84.0 Å². The van der Waals surface area contributed by atoms with E-state index in [2.05, 4.69) is 33.1 Å². The average Bonchev–Trinajstić information content (AvgIpc) is 3.62. The highest BCUT2D eigenvalue weighted by Gasteiger charge is 2.26. The summed E-state index contributed by atoms with van der Waals surface area (Å²) in [6.07, 6.45) is 8.79. The molecular weight excluding hydrogens is 566 g/mol. The van der Waals surface area contributed by atoms with Gasteiger partial charge in [0.05, 0.1) is 19.6 Å². The first-order valence-electron chi connectivity index (χ1n) is 15.7. The Morgan fingerprint density at radius 3 is 2.52 bits per heavy atom. The number of benzene rings is 3. The molecule has 1 aliphatic carbocycles. The summed E-state index contributed by atoms with van der Waals surface area (Å²) in [5, 5.41) is 14.7. The molecule has 228 valence electrons. The van der Waals surface area contributed by atoms with Crippen LogP contribution in [0.25, 0.3) is 16.6 Å². The van der Waals surface area contributed by atoms with Crippen molar-refractivity contribution in [3.05, 3.63) is 102 Å². The lowest BCUT2D eigenvalue weighted by atomic mass is 9.88. The molecule has 1 amide bonds. The Labute approximate surface area is 263 Å². The van der Waals surface area contributed by atoms with Gasteiger partial charge in [0.25, 0.3) is 0 Å². The molecule has 8 heteroatoms. The van der Waals surface area contributed by atoms with Gasteiger partial charge in [-0.3, -0.25) is 9.36 Å². The number of nitrogens with one attached hydrogen (secondary N) is 2. The zero-order valence-electron chi connectivity index (χ0n) is 25.6. The summed E-state index contributed by atoms with van der Waals surface area (Å²) in [5.41, 5.74) is 5.15. The number of aromatic amines is 1. The molecule has 5 aromatic rings. The third-order valence-electron chi connectivity index (χ3n) is 8.76. The van der Waals surface area contributed by atoms with Crippen molar-refractivity contribution in [2.45, 2.75) is 69.5 Å². The van der Waals surface area contributed by atoms with Crippen LogP contribution in [0.2, 0.25) is 0 Å². The van der Waals surface area contributed by atoms with Crippen LogP contribution in [0.5, 0.6) is 5.75 Å². The Kier molecular flexibility index (Phi) is 9.66. The third-order valence-corrected chi connectivity index (χ3v) is 9.73. The van der Waals surface area contributed by atoms with Crippen molar-refractivity contribution in [1.29, 1.82) is 0 Å². The maximum absolute atomic E-state index is 13.8. The lowest BCUT2D eigenvalue weighted by Crippen LogP contribution is -2.33. The van der Waals surface area contributed by atoms with E-state index in [1.165, 1.54) is 38.5 Å². The smallest absolute Gasteiger partial charge is 0.225 e. The molecule has 44 heavy (non-hydrogen) atoms. The van der Waals surface area contributed by atoms with E-state index in [1.54, 1.807) is 18.9 Å². The fourth-order valence-corrected chi connectivity index (χ4v) is 7.45. The van der Waals surface area contributed by atoms with Gasteiger partial charge in [-0.25, -0.2) is 0 Å². The predicted molar refractivity (Wildman–Crippen MR) is 178 cm³/mol. The van der Waals surface area contributed by atoms with E-state index in [1.807, 2.05) is 67.6 Å². The number of aromatic nitrogens is 4. The quantitative estimate of drug-likeness (QED) is 0.142. The van der Waals surface area contributed by atoms with Crippen LogP contribution >= 0.6 is 11.8 Å². The molecule has 0 saturated heterocycles. The summed E-state index contributed by atoms with van der Waals surface area (Å²) in [6.45, 7) is 2.03. The summed E-state index contributed by atoms with van der Waals surface area (Å²) in [4.78, 5) is 17.2. The molecular formula is C36H41N5O2S. The second kappa shape index (κ2) is 14.2. The van der Waals surface area contributed by atoms with E-state index in [-0.39, 0.29) is 18.4 Å². The number of H-pyrrole nitrogens is 1. The Balaban J connectivity index is 1.31. The normalized spacial score (nSPS) is 14.5. The van der Waals surface area contributed by atoms with Crippen molar-refractivity contribution >= 4 is 28.6 Å². The molecule has 7 nitrogen and oxygen atoms in total. The summed E-state index contributed by atoms with van der Waals surface area (Å²) < 4.78 is 7.56. The minimum atomic E-state index is -0.377. The molecule has 1 aliphatic rings. The average molecular weight is 608 g/mol. The van der Waals surface area contributed by atoms with Crippen molar-refractivity contribution < 1.29 is 9.53 Å². The van der Waals surface area contributed by atoms with Gasteiger partial charge in [0.1, 0.15) is 5.75 Å². The second-order valence-corrected chi connectivity index (χ2v) is 12.8. The zero-order chi connectivity index (χ0) is 30.3. The first kappa shape index (κ1) is 30.0. The van der Waals surface area contributed by atoms with Crippen LogP contribution in [0.3, 0.4) is 0 Å². The highest BCUT2D eigenvalue weighted by atomic mass is 32.2. The SMILES string of the molecule is COc1ccc(-n2c(SCCC3CCCCC3)nnc2[C@H](Cc2ccccc2)NC(=O)Cc2c(C)[nH]c3ccccc23)cc1. The van der Waals surface area contributed by atoms with Crippen LogP contribution < -0.4 is 10.1 Å². The number of para-hydroxylation sites is 1. The molecule has 0 unspecified atom stereocenters. The number of carbonyl (C=O) groups excluding carboxylic acids is 1. The van der Waals surface area contributed by atoms with Gasteiger partial charge in [-0.2, -0.15) is 0 Å². The molecule has 0 spiro atoms. The van der Waals surface area contributed by atoms with Crippen molar-refractivity contribution in [3.63, 3.8) is 0 Å². The summed E-state index contributed by atoms with van der Waals surface area (Å²) in [5.74, 6) is 3.26. The Morgan fingerprint density at radius 1 is 1.00 bits per heavy atom. The fourth-order valence-electron chi connectivity index (χ4n) is 6.39. The maximum Gasteiger partial charge on any atom is 0.225 e. The van der Waals surface area contributed by atoms with Crippen LogP contribution in [0.1, 0.15) is 67.2 Å². The van der Waals surface area contributed by atoms with E-state index in [4.69, 9.17) is 14.9 Å². The molecule has 3 aromatic carbocycles. The number of fused-ring (bicyclic) bond motifs is 1. The van der Waals surface area contributed by atoms with Gasteiger partial charge in [0.2, 0.25) is 5.91 Å². The molecule has 1 atom stereocenters. The number of hydrogen-bond donors (Lipinski definition) is 2. The van der Waals surface area contributed by atoms with Gasteiger partial charge in [-0.1, -0.05) is 92.4 Å². The molecule has 0 aliphatic heterocycles. The van der Waals surface area contributed by atoms with Crippen molar-refractivity contribution in [2.75, 3.05) is 12.9 Å². The first-order valence-corrected chi connectivity index (χ1v) is 16.7. The van der Waals surface area contributed by atoms with Crippen LogP contribution in [-0.2, 0) is 17.6 Å². The van der Waals surface area contributed by atoms with E-state index >= 15 is 0 Å². The highest BCUT2D eigenvalue weighted by molar-refractivity contribution is 7.99. The number of thioether (sulfide) groups is 1. The number of ether oxygens (including phenoxy) is 1. The number of aryl methyl sites for hydroxylation is 1. The molecule has 1 saturated carbocycles. The van der Waals surface area contributed by atoms with Crippen molar-refractivity contribution in [3.8, 4) is 11.4 Å². The summed E-state index contributed by atoms with van der Waals surface area (Å²) >= 11 is 1.76. The largest absolute Gasteiger partial charge is 0.497 e. The number of methoxy groups -OCH3 is 1. The predicted octanol–water partition coefficient (Wildman–Crippen LogP) is 7.77. The van der Waals surface area contributed by atoms with Crippen LogP contribution in [-0.4, -0.2) is 38.5 Å². The minimum Gasteiger partial charge on any atom is -0.497 e. The van der Waals surface area contributed by atoms with Gasteiger partial charge in [-0.15, -0.1) is 10.2 Å². The minimum absolute atomic E-state index is 0.0467. The van der Waals surface area contributed by atoms with Gasteiger partial charge in [-0.05, 0) is 67.1 Å². The van der Waals surface area contributed by atoms with Gasteiger partial charge in [0, 0.05) is 28.0 Å². The first-order chi connectivity index (χ1) is 21.6. The van der Waals surface area contributed by atoms with E-state index in [0.717, 1.165) is 61.8 Å². The third kappa shape index (κ3) is 7.02. The molecule has 1 fully saturated rings. The van der Waals surface area contributed by atoms with Gasteiger partial charge in [0.15, 0.2) is 11.0 Å². The van der Waals surface area contributed by atoms with Gasteiger partial charge < -0.3 is 15.0 Å². The van der Waals surface area contributed by atoms with Crippen LogP contribution in [0, 0.1) is 12.8 Å². The Hall–Kier alpha value is -4.04. The second-order valence-electron chi connectivity index (χ2n) is 11.8. The zero-order valence-corrected chi connectivity index (χ0v) is 26.4. The fraction of sp³-hybridized carbons (Fsp3) is 0.361. The Morgan fingerprint density at radius 2 is 1.75 bits per heavy atom.